The molecule has 0 spiro atoms. The van der Waals surface area contributed by atoms with Gasteiger partial charge in [0.2, 0.25) is 5.91 Å². The average molecular weight is 371 g/mol. The number of primary amides is 1. The van der Waals surface area contributed by atoms with E-state index in [1.54, 1.807) is 12.1 Å². The van der Waals surface area contributed by atoms with Crippen molar-refractivity contribution < 1.29 is 14.3 Å². The van der Waals surface area contributed by atoms with Crippen molar-refractivity contribution in [3.05, 3.63) is 57.0 Å². The van der Waals surface area contributed by atoms with E-state index in [0.29, 0.717) is 26.6 Å². The third-order valence-electron chi connectivity index (χ3n) is 2.84. The molecule has 0 aromatic heterocycles. The van der Waals surface area contributed by atoms with Crippen LogP contribution in [0.25, 0.3) is 0 Å². The first-order valence-electron chi connectivity index (χ1n) is 6.06. The molecule has 0 aliphatic heterocycles. The fourth-order valence-corrected chi connectivity index (χ4v) is 2.51. The minimum Gasteiger partial charge on any atom is -0.493 e. The molecule has 0 saturated heterocycles. The number of amides is 1. The monoisotopic (exact) mass is 369 g/mol. The maximum Gasteiger partial charge on any atom is 0.248 e. The Kier molecular flexibility index (Phi) is 5.09. The highest BCUT2D eigenvalue weighted by atomic mass is 79.9. The molecule has 0 aliphatic carbocycles. The maximum absolute atomic E-state index is 11.2. The zero-order valence-corrected chi connectivity index (χ0v) is 13.6. The summed E-state index contributed by atoms with van der Waals surface area (Å²) >= 11 is 9.44. The van der Waals surface area contributed by atoms with E-state index < -0.39 is 5.91 Å². The number of ether oxygens (including phenoxy) is 2. The minimum absolute atomic E-state index is 0.282. The van der Waals surface area contributed by atoms with Gasteiger partial charge in [-0.25, -0.2) is 0 Å². The number of nitrogens with two attached hydrogens (primary N) is 1. The van der Waals surface area contributed by atoms with Crippen LogP contribution >= 0.6 is 27.5 Å². The van der Waals surface area contributed by atoms with Crippen LogP contribution in [0.15, 0.2) is 40.9 Å². The molecule has 6 heteroatoms. The average Bonchev–Trinajstić information content (AvgIpc) is 2.46. The number of benzene rings is 2. The Morgan fingerprint density at radius 2 is 2.05 bits per heavy atom. The maximum atomic E-state index is 11.2. The van der Waals surface area contributed by atoms with Gasteiger partial charge in [0, 0.05) is 16.1 Å². The highest BCUT2D eigenvalue weighted by Crippen LogP contribution is 2.37. The summed E-state index contributed by atoms with van der Waals surface area (Å²) in [6, 6.07) is 10.5. The molecule has 0 unspecified atom stereocenters. The van der Waals surface area contributed by atoms with Gasteiger partial charge in [-0.15, -0.1) is 0 Å². The summed E-state index contributed by atoms with van der Waals surface area (Å²) in [5.41, 5.74) is 6.46. The minimum atomic E-state index is -0.536. The van der Waals surface area contributed by atoms with Gasteiger partial charge in [0.15, 0.2) is 11.5 Å². The molecule has 2 N–H and O–H groups in total. The zero-order chi connectivity index (χ0) is 15.4. The van der Waals surface area contributed by atoms with Crippen LogP contribution in [-0.2, 0) is 6.61 Å². The van der Waals surface area contributed by atoms with Crippen molar-refractivity contribution >= 4 is 33.4 Å². The normalized spacial score (nSPS) is 10.2. The molecule has 0 aliphatic rings. The van der Waals surface area contributed by atoms with Crippen LogP contribution in [0.4, 0.5) is 0 Å². The van der Waals surface area contributed by atoms with E-state index in [2.05, 4.69) is 15.9 Å². The summed E-state index contributed by atoms with van der Waals surface area (Å²) in [6.45, 7) is 0.282. The van der Waals surface area contributed by atoms with Gasteiger partial charge in [-0.2, -0.15) is 0 Å². The Hall–Kier alpha value is -1.72. The first-order chi connectivity index (χ1) is 10.0. The SMILES string of the molecule is COc1cc(C(N)=O)cc(Br)c1OCc1ccccc1Cl. The summed E-state index contributed by atoms with van der Waals surface area (Å²) in [4.78, 5) is 11.2. The Labute approximate surface area is 135 Å². The highest BCUT2D eigenvalue weighted by Gasteiger charge is 2.14. The molecule has 2 rings (SSSR count). The summed E-state index contributed by atoms with van der Waals surface area (Å²) in [6.07, 6.45) is 0. The van der Waals surface area contributed by atoms with Gasteiger partial charge in [-0.1, -0.05) is 29.8 Å². The smallest absolute Gasteiger partial charge is 0.248 e. The highest BCUT2D eigenvalue weighted by molar-refractivity contribution is 9.10. The fourth-order valence-electron chi connectivity index (χ4n) is 1.77. The number of carbonyl (C=O) groups excluding carboxylic acids is 1. The Balaban J connectivity index is 2.28. The summed E-state index contributed by atoms with van der Waals surface area (Å²) in [5.74, 6) is 0.374. The van der Waals surface area contributed by atoms with Crippen LogP contribution in [0.1, 0.15) is 15.9 Å². The number of hydrogen-bond donors (Lipinski definition) is 1. The number of hydrogen-bond acceptors (Lipinski definition) is 3. The van der Waals surface area contributed by atoms with Gasteiger partial charge >= 0.3 is 0 Å². The van der Waals surface area contributed by atoms with Crippen molar-refractivity contribution in [2.45, 2.75) is 6.61 Å². The molecule has 0 fully saturated rings. The van der Waals surface area contributed by atoms with E-state index >= 15 is 0 Å². The molecule has 0 atom stereocenters. The number of rotatable bonds is 5. The first kappa shape index (κ1) is 15.7. The Morgan fingerprint density at radius 1 is 1.33 bits per heavy atom. The second-order valence-corrected chi connectivity index (χ2v) is 5.50. The van der Waals surface area contributed by atoms with Crippen molar-refractivity contribution in [1.29, 1.82) is 0 Å². The molecule has 21 heavy (non-hydrogen) atoms. The van der Waals surface area contributed by atoms with Crippen LogP contribution in [0, 0.1) is 0 Å². The lowest BCUT2D eigenvalue weighted by Crippen LogP contribution is -2.11. The van der Waals surface area contributed by atoms with Crippen LogP contribution in [-0.4, -0.2) is 13.0 Å². The van der Waals surface area contributed by atoms with Gasteiger partial charge in [-0.3, -0.25) is 4.79 Å². The lowest BCUT2D eigenvalue weighted by atomic mass is 10.2. The fraction of sp³-hybridized carbons (Fsp3) is 0.133. The van der Waals surface area contributed by atoms with Crippen molar-refractivity contribution in [2.75, 3.05) is 7.11 Å². The van der Waals surface area contributed by atoms with Crippen molar-refractivity contribution in [2.24, 2.45) is 5.73 Å². The summed E-state index contributed by atoms with van der Waals surface area (Å²) in [5, 5.41) is 0.626. The van der Waals surface area contributed by atoms with Gasteiger partial charge in [0.1, 0.15) is 6.61 Å². The molecule has 0 saturated carbocycles. The molecular formula is C15H13BrClNO3. The van der Waals surface area contributed by atoms with Gasteiger partial charge < -0.3 is 15.2 Å². The third kappa shape index (κ3) is 3.68. The Morgan fingerprint density at radius 3 is 2.67 bits per heavy atom. The van der Waals surface area contributed by atoms with Crippen LogP contribution in [0.2, 0.25) is 5.02 Å². The summed E-state index contributed by atoms with van der Waals surface area (Å²) in [7, 11) is 1.49. The quantitative estimate of drug-likeness (QED) is 0.871. The van der Waals surface area contributed by atoms with Crippen molar-refractivity contribution in [3.8, 4) is 11.5 Å². The second kappa shape index (κ2) is 6.83. The van der Waals surface area contributed by atoms with Crippen LogP contribution in [0.3, 0.4) is 0 Å². The van der Waals surface area contributed by atoms with E-state index in [1.807, 2.05) is 18.2 Å². The molecule has 0 heterocycles. The van der Waals surface area contributed by atoms with Crippen LogP contribution in [0.5, 0.6) is 11.5 Å². The molecule has 2 aromatic carbocycles. The molecule has 0 radical (unpaired) electrons. The number of halogens is 2. The molecule has 0 bridgehead atoms. The predicted molar refractivity (Wildman–Crippen MR) is 85.0 cm³/mol. The lowest BCUT2D eigenvalue weighted by Gasteiger charge is -2.14. The molecule has 110 valence electrons. The first-order valence-corrected chi connectivity index (χ1v) is 7.23. The van der Waals surface area contributed by atoms with E-state index in [0.717, 1.165) is 5.56 Å². The van der Waals surface area contributed by atoms with Gasteiger partial charge in [-0.05, 0) is 34.1 Å². The standard InChI is InChI=1S/C15H13BrClNO3/c1-20-13-7-10(15(18)19)6-11(16)14(13)21-8-9-4-2-3-5-12(9)17/h2-7H,8H2,1H3,(H2,18,19). The summed E-state index contributed by atoms with van der Waals surface area (Å²) < 4.78 is 11.6. The third-order valence-corrected chi connectivity index (χ3v) is 3.80. The van der Waals surface area contributed by atoms with E-state index in [4.69, 9.17) is 26.8 Å². The predicted octanol–water partition coefficient (Wildman–Crippen LogP) is 3.79. The zero-order valence-electron chi connectivity index (χ0n) is 11.2. The van der Waals surface area contributed by atoms with Crippen LogP contribution < -0.4 is 15.2 Å². The molecule has 4 nitrogen and oxygen atoms in total. The lowest BCUT2D eigenvalue weighted by molar-refractivity contribution is 0.1000. The van der Waals surface area contributed by atoms with Gasteiger partial charge in [0.25, 0.3) is 0 Å². The number of carbonyl (C=O) groups is 1. The molecular weight excluding hydrogens is 358 g/mol. The topological polar surface area (TPSA) is 61.5 Å². The van der Waals surface area contributed by atoms with E-state index in [9.17, 15) is 4.79 Å². The Bertz CT molecular complexity index is 676. The largest absolute Gasteiger partial charge is 0.493 e. The second-order valence-electron chi connectivity index (χ2n) is 4.23. The van der Waals surface area contributed by atoms with Gasteiger partial charge in [0.05, 0.1) is 11.6 Å². The molecule has 2 aromatic rings. The number of methoxy groups -OCH3 is 1. The van der Waals surface area contributed by atoms with E-state index in [-0.39, 0.29) is 6.61 Å². The van der Waals surface area contributed by atoms with E-state index in [1.165, 1.54) is 13.2 Å². The van der Waals surface area contributed by atoms with Crippen molar-refractivity contribution in [1.82, 2.24) is 0 Å². The van der Waals surface area contributed by atoms with Crippen molar-refractivity contribution in [3.63, 3.8) is 0 Å². The molecule has 1 amide bonds.